The van der Waals surface area contributed by atoms with Gasteiger partial charge in [-0.2, -0.15) is 0 Å². The van der Waals surface area contributed by atoms with Crippen LogP contribution in [0, 0.1) is 24.6 Å². The van der Waals surface area contributed by atoms with Gasteiger partial charge in [-0.1, -0.05) is 13.8 Å². The van der Waals surface area contributed by atoms with Crippen LogP contribution in [0.15, 0.2) is 42.6 Å². The number of benzene rings is 2. The zero-order chi connectivity index (χ0) is 19.8. The Morgan fingerprint density at radius 3 is 2.61 bits per heavy atom. The van der Waals surface area contributed by atoms with Crippen LogP contribution in [0.5, 0.6) is 0 Å². The van der Waals surface area contributed by atoms with Crippen LogP contribution in [0.25, 0.3) is 5.57 Å². The number of fused-ring (bicyclic) bond motifs is 1. The molecule has 2 N–H and O–H groups in total. The van der Waals surface area contributed by atoms with E-state index >= 15 is 0 Å². The number of nitrogens with one attached hydrogen (secondary N) is 2. The number of carbonyl (C=O) groups is 1. The zero-order valence-corrected chi connectivity index (χ0v) is 16.6. The van der Waals surface area contributed by atoms with Gasteiger partial charge in [0, 0.05) is 41.9 Å². The molecule has 5 heteroatoms. The molecule has 1 saturated heterocycles. The summed E-state index contributed by atoms with van der Waals surface area (Å²) < 4.78 is 13.6. The molecule has 2 aromatic rings. The highest BCUT2D eigenvalue weighted by Gasteiger charge is 2.25. The van der Waals surface area contributed by atoms with Crippen LogP contribution in [-0.4, -0.2) is 19.0 Å². The van der Waals surface area contributed by atoms with Crippen LogP contribution < -0.4 is 15.5 Å². The smallest absolute Gasteiger partial charge is 0.257 e. The molecule has 2 aliphatic rings. The van der Waals surface area contributed by atoms with Crippen LogP contribution in [0.1, 0.15) is 31.4 Å². The summed E-state index contributed by atoms with van der Waals surface area (Å²) in [6.07, 6.45) is 2.94. The van der Waals surface area contributed by atoms with E-state index < -0.39 is 0 Å². The first-order valence-electron chi connectivity index (χ1n) is 9.84. The van der Waals surface area contributed by atoms with E-state index in [4.69, 9.17) is 0 Å². The minimum absolute atomic E-state index is 0.224. The maximum absolute atomic E-state index is 13.6. The lowest BCUT2D eigenvalue weighted by atomic mass is 9.91. The molecule has 4 nitrogen and oxygen atoms in total. The molecular formula is C23H26FN3O. The van der Waals surface area contributed by atoms with E-state index in [1.807, 2.05) is 6.07 Å². The lowest BCUT2D eigenvalue weighted by Crippen LogP contribution is -2.39. The van der Waals surface area contributed by atoms with Crippen molar-refractivity contribution in [2.24, 2.45) is 11.8 Å². The Kier molecular flexibility index (Phi) is 4.84. The van der Waals surface area contributed by atoms with Crippen molar-refractivity contribution in [1.82, 2.24) is 0 Å². The normalized spacial score (nSPS) is 22.9. The SMILES string of the molecule is Cc1cc(NC=C2C(=O)Nc3ccc(F)cc32)ccc1N1CC(C)CC(C)C1. The van der Waals surface area contributed by atoms with Crippen molar-refractivity contribution >= 4 is 28.5 Å². The first-order valence-corrected chi connectivity index (χ1v) is 9.84. The van der Waals surface area contributed by atoms with Gasteiger partial charge in [0.1, 0.15) is 5.82 Å². The van der Waals surface area contributed by atoms with Crippen LogP contribution in [0.2, 0.25) is 0 Å². The lowest BCUT2D eigenvalue weighted by Gasteiger charge is -2.37. The second-order valence-electron chi connectivity index (χ2n) is 8.20. The second kappa shape index (κ2) is 7.30. The lowest BCUT2D eigenvalue weighted by molar-refractivity contribution is -0.110. The third-order valence-electron chi connectivity index (χ3n) is 5.55. The molecule has 1 fully saturated rings. The van der Waals surface area contributed by atoms with Gasteiger partial charge in [0.25, 0.3) is 5.91 Å². The third-order valence-corrected chi connectivity index (χ3v) is 5.55. The van der Waals surface area contributed by atoms with Crippen molar-refractivity contribution in [3.8, 4) is 0 Å². The highest BCUT2D eigenvalue weighted by Crippen LogP contribution is 2.33. The maximum atomic E-state index is 13.6. The van der Waals surface area contributed by atoms with Crippen LogP contribution in [0.3, 0.4) is 0 Å². The van der Waals surface area contributed by atoms with Crippen LogP contribution in [0.4, 0.5) is 21.5 Å². The number of aryl methyl sites for hydroxylation is 1. The van der Waals surface area contributed by atoms with Crippen molar-refractivity contribution < 1.29 is 9.18 Å². The largest absolute Gasteiger partial charge is 0.371 e. The highest BCUT2D eigenvalue weighted by atomic mass is 19.1. The van der Waals surface area contributed by atoms with E-state index in [0.29, 0.717) is 28.7 Å². The van der Waals surface area contributed by atoms with E-state index in [0.717, 1.165) is 18.8 Å². The molecule has 2 atom stereocenters. The summed E-state index contributed by atoms with van der Waals surface area (Å²) in [6.45, 7) is 8.92. The Morgan fingerprint density at radius 2 is 1.89 bits per heavy atom. The molecular weight excluding hydrogens is 353 g/mol. The number of nitrogens with zero attached hydrogens (tertiary/aromatic N) is 1. The Labute approximate surface area is 165 Å². The second-order valence-corrected chi connectivity index (χ2v) is 8.20. The number of piperidine rings is 1. The number of hydrogen-bond acceptors (Lipinski definition) is 3. The van der Waals surface area contributed by atoms with Crippen molar-refractivity contribution in [3.05, 3.63) is 59.5 Å². The summed E-state index contributed by atoms with van der Waals surface area (Å²) >= 11 is 0. The fraction of sp³-hybridized carbons (Fsp3) is 0.348. The van der Waals surface area contributed by atoms with Gasteiger partial charge in [-0.3, -0.25) is 4.79 Å². The molecule has 0 saturated carbocycles. The Morgan fingerprint density at radius 1 is 1.14 bits per heavy atom. The average Bonchev–Trinajstić information content (AvgIpc) is 2.93. The quantitative estimate of drug-likeness (QED) is 0.736. The number of hydrogen-bond donors (Lipinski definition) is 2. The molecule has 0 aliphatic carbocycles. The Hall–Kier alpha value is -2.82. The summed E-state index contributed by atoms with van der Waals surface area (Å²) in [5.74, 6) is 0.822. The number of rotatable bonds is 3. The monoisotopic (exact) mass is 379 g/mol. The van der Waals surface area contributed by atoms with Crippen molar-refractivity contribution in [2.45, 2.75) is 27.2 Å². The molecule has 2 aliphatic heterocycles. The predicted molar refractivity (Wildman–Crippen MR) is 113 cm³/mol. The topological polar surface area (TPSA) is 44.4 Å². The summed E-state index contributed by atoms with van der Waals surface area (Å²) in [6, 6.07) is 10.6. The van der Waals surface area contributed by atoms with Gasteiger partial charge < -0.3 is 15.5 Å². The van der Waals surface area contributed by atoms with Crippen molar-refractivity contribution in [1.29, 1.82) is 0 Å². The predicted octanol–water partition coefficient (Wildman–Crippen LogP) is 5.02. The third kappa shape index (κ3) is 3.61. The van der Waals surface area contributed by atoms with E-state index in [2.05, 4.69) is 48.4 Å². The van der Waals surface area contributed by atoms with Crippen LogP contribution in [-0.2, 0) is 4.79 Å². The van der Waals surface area contributed by atoms with Crippen molar-refractivity contribution in [3.63, 3.8) is 0 Å². The summed E-state index contributed by atoms with van der Waals surface area (Å²) in [5.41, 5.74) is 5.04. The fourth-order valence-electron chi connectivity index (χ4n) is 4.42. The van der Waals surface area contributed by atoms with Gasteiger partial charge in [0.15, 0.2) is 0 Å². The van der Waals surface area contributed by atoms with Gasteiger partial charge in [-0.25, -0.2) is 4.39 Å². The number of anilines is 3. The van der Waals surface area contributed by atoms with Crippen LogP contribution >= 0.6 is 0 Å². The molecule has 28 heavy (non-hydrogen) atoms. The van der Waals surface area contributed by atoms with Gasteiger partial charge in [-0.15, -0.1) is 0 Å². The maximum Gasteiger partial charge on any atom is 0.257 e. The molecule has 0 aromatic heterocycles. The molecule has 0 radical (unpaired) electrons. The molecule has 2 heterocycles. The molecule has 0 bridgehead atoms. The number of halogens is 1. The zero-order valence-electron chi connectivity index (χ0n) is 16.6. The highest BCUT2D eigenvalue weighted by molar-refractivity contribution is 6.31. The van der Waals surface area contributed by atoms with E-state index in [1.165, 1.54) is 29.8 Å². The average molecular weight is 379 g/mol. The fourth-order valence-corrected chi connectivity index (χ4v) is 4.42. The summed E-state index contributed by atoms with van der Waals surface area (Å²) in [4.78, 5) is 14.7. The standard InChI is InChI=1S/C23H26FN3O/c1-14-8-15(2)13-27(12-14)22-7-5-18(9-16(22)3)25-11-20-19-10-17(24)4-6-21(19)26-23(20)28/h4-7,9-11,14-15,25H,8,12-13H2,1-3H3,(H,26,28). The minimum atomic E-state index is -0.355. The van der Waals surface area contributed by atoms with Gasteiger partial charge in [-0.05, 0) is 67.1 Å². The number of amides is 1. The van der Waals surface area contributed by atoms with Gasteiger partial charge in [0.2, 0.25) is 0 Å². The van der Waals surface area contributed by atoms with Crippen molar-refractivity contribution in [2.75, 3.05) is 28.6 Å². The molecule has 0 spiro atoms. The molecule has 4 rings (SSSR count). The van der Waals surface area contributed by atoms with E-state index in [-0.39, 0.29) is 11.7 Å². The molecule has 2 aromatic carbocycles. The van der Waals surface area contributed by atoms with Gasteiger partial charge >= 0.3 is 0 Å². The molecule has 146 valence electrons. The summed E-state index contributed by atoms with van der Waals surface area (Å²) in [7, 11) is 0. The molecule has 2 unspecified atom stereocenters. The Balaban J connectivity index is 1.54. The Bertz CT molecular complexity index is 943. The van der Waals surface area contributed by atoms with Gasteiger partial charge in [0.05, 0.1) is 5.57 Å². The first kappa shape index (κ1) is 18.5. The minimum Gasteiger partial charge on any atom is -0.371 e. The number of carbonyl (C=O) groups excluding carboxylic acids is 1. The molecule has 1 amide bonds. The van der Waals surface area contributed by atoms with E-state index in [1.54, 1.807) is 12.3 Å². The summed E-state index contributed by atoms with van der Waals surface area (Å²) in [5, 5.41) is 5.96. The van der Waals surface area contributed by atoms with E-state index in [9.17, 15) is 9.18 Å². The first-order chi connectivity index (χ1) is 13.4.